The molecule has 180 valence electrons. The number of unbranched alkanes of at least 4 members (excludes halogenated alkanes) is 1. The number of rotatable bonds is 8. The number of carbonyl (C=O) groups is 3. The number of allylic oxidation sites excluding steroid dienone is 1. The molecule has 0 aliphatic heterocycles. The van der Waals surface area contributed by atoms with Gasteiger partial charge in [-0.05, 0) is 51.5 Å². The van der Waals surface area contributed by atoms with Gasteiger partial charge in [-0.2, -0.15) is 13.2 Å². The van der Waals surface area contributed by atoms with Gasteiger partial charge in [0.2, 0.25) is 5.91 Å². The van der Waals surface area contributed by atoms with Gasteiger partial charge in [0.15, 0.2) is 0 Å². The molecular weight excluding hydrogens is 470 g/mol. The number of thioether (sulfide) groups is 1. The number of hydrogen-bond donors (Lipinski definition) is 0. The maximum Gasteiger partial charge on any atom is 0.412 e. The highest BCUT2D eigenvalue weighted by atomic mass is 35.5. The Morgan fingerprint density at radius 2 is 1.59 bits per heavy atom. The molecule has 2 amide bonds. The van der Waals surface area contributed by atoms with Gasteiger partial charge in [0.05, 0.1) is 10.7 Å². The van der Waals surface area contributed by atoms with E-state index in [1.54, 1.807) is 0 Å². The number of Topliss-reactive ketones (excluding diaryl/α,β-unsaturated/α-hetero) is 1. The Labute approximate surface area is 195 Å². The minimum Gasteiger partial charge on any atom is -0.300 e. The molecule has 32 heavy (non-hydrogen) atoms. The van der Waals surface area contributed by atoms with Crippen LogP contribution < -0.4 is 4.90 Å². The molecular formula is C22H28ClF4NO3S. The molecule has 0 N–H and O–H groups in total. The second-order valence-electron chi connectivity index (χ2n) is 6.65. The van der Waals surface area contributed by atoms with Crippen molar-refractivity contribution in [3.05, 3.63) is 34.1 Å². The Morgan fingerprint density at radius 3 is 2.06 bits per heavy atom. The van der Waals surface area contributed by atoms with Gasteiger partial charge in [0.1, 0.15) is 11.6 Å². The predicted octanol–water partition coefficient (Wildman–Crippen LogP) is 7.13. The van der Waals surface area contributed by atoms with Gasteiger partial charge in [0.25, 0.3) is 5.91 Å². The molecule has 0 bridgehead atoms. The molecule has 0 aliphatic rings. The molecule has 1 aromatic carbocycles. The highest BCUT2D eigenvalue weighted by Gasteiger charge is 2.35. The number of anilines is 1. The number of nitrogens with zero attached hydrogens (tertiary/aromatic N) is 1. The second kappa shape index (κ2) is 13.6. The first kappa shape index (κ1) is 30.1. The number of halogens is 5. The number of ketones is 1. The monoisotopic (exact) mass is 497 g/mol. The summed E-state index contributed by atoms with van der Waals surface area (Å²) in [6.45, 7) is 8.09. The van der Waals surface area contributed by atoms with Crippen molar-refractivity contribution in [2.75, 3.05) is 10.7 Å². The average molecular weight is 498 g/mol. The van der Waals surface area contributed by atoms with Crippen LogP contribution in [-0.4, -0.2) is 29.5 Å². The molecule has 0 aliphatic carbocycles. The van der Waals surface area contributed by atoms with E-state index >= 15 is 0 Å². The molecule has 10 heteroatoms. The molecule has 0 unspecified atom stereocenters. The highest BCUT2D eigenvalue weighted by Crippen LogP contribution is 2.35. The van der Waals surface area contributed by atoms with Crippen LogP contribution in [0.15, 0.2) is 28.2 Å². The van der Waals surface area contributed by atoms with E-state index in [0.717, 1.165) is 19.9 Å². The van der Waals surface area contributed by atoms with Crippen LogP contribution in [0.25, 0.3) is 0 Å². The van der Waals surface area contributed by atoms with E-state index in [-0.39, 0.29) is 10.8 Å². The summed E-state index contributed by atoms with van der Waals surface area (Å²) in [6.07, 6.45) is -3.00. The van der Waals surface area contributed by atoms with Gasteiger partial charge in [-0.1, -0.05) is 25.4 Å². The summed E-state index contributed by atoms with van der Waals surface area (Å²) in [4.78, 5) is 36.3. The van der Waals surface area contributed by atoms with Gasteiger partial charge >= 0.3 is 6.18 Å². The number of imide groups is 1. The fraction of sp³-hybridized carbons (Fsp3) is 0.500. The minimum atomic E-state index is -4.76. The third kappa shape index (κ3) is 8.94. The molecule has 0 aromatic heterocycles. The summed E-state index contributed by atoms with van der Waals surface area (Å²) in [6, 6.07) is 2.08. The topological polar surface area (TPSA) is 54.5 Å². The second-order valence-corrected chi connectivity index (χ2v) is 8.19. The van der Waals surface area contributed by atoms with E-state index < -0.39 is 40.6 Å². The van der Waals surface area contributed by atoms with E-state index in [9.17, 15) is 31.9 Å². The minimum absolute atomic E-state index is 0.0440. The number of amides is 2. The van der Waals surface area contributed by atoms with Crippen LogP contribution in [0, 0.1) is 5.82 Å². The van der Waals surface area contributed by atoms with Gasteiger partial charge in [-0.25, -0.2) is 9.29 Å². The van der Waals surface area contributed by atoms with Crippen LogP contribution >= 0.6 is 23.4 Å². The first-order valence-electron chi connectivity index (χ1n) is 9.98. The molecule has 0 spiro atoms. The summed E-state index contributed by atoms with van der Waals surface area (Å²) in [5.74, 6) is -2.61. The van der Waals surface area contributed by atoms with Gasteiger partial charge in [0, 0.05) is 29.4 Å². The number of benzene rings is 1. The summed E-state index contributed by atoms with van der Waals surface area (Å²) >= 11 is 7.27. The fourth-order valence-corrected chi connectivity index (χ4v) is 3.70. The zero-order chi connectivity index (χ0) is 25.2. The van der Waals surface area contributed by atoms with Crippen LogP contribution in [-0.2, 0) is 14.4 Å². The lowest BCUT2D eigenvalue weighted by atomic mass is 10.1. The van der Waals surface area contributed by atoms with Crippen LogP contribution in [0.2, 0.25) is 5.02 Å². The molecule has 1 rings (SSSR count). The highest BCUT2D eigenvalue weighted by molar-refractivity contribution is 7.99. The fourth-order valence-electron chi connectivity index (χ4n) is 2.42. The van der Waals surface area contributed by atoms with Gasteiger partial charge < -0.3 is 4.79 Å². The SMILES string of the molecule is CC.CC(=O)CCCCSc1cc(N(C(C)=O)C(=O)/C(C)=C(\C)C(F)(F)F)c(F)cc1Cl. The molecule has 0 heterocycles. The number of alkyl halides is 3. The summed E-state index contributed by atoms with van der Waals surface area (Å²) < 4.78 is 53.4. The third-order valence-electron chi connectivity index (χ3n) is 4.25. The van der Waals surface area contributed by atoms with Crippen molar-refractivity contribution in [3.63, 3.8) is 0 Å². The first-order valence-corrected chi connectivity index (χ1v) is 11.3. The quantitative estimate of drug-likeness (QED) is 0.166. The Bertz CT molecular complexity index is 869. The molecule has 0 radical (unpaired) electrons. The van der Waals surface area contributed by atoms with Crippen molar-refractivity contribution < 1.29 is 31.9 Å². The molecule has 1 aromatic rings. The predicted molar refractivity (Wildman–Crippen MR) is 121 cm³/mol. The standard InChI is InChI=1S/C20H22ClF4NO3S.C2H6/c1-11(27)7-5-6-8-30-18-10-17(16(22)9-15(18)21)26(14(4)28)19(29)12(2)13(3)20(23,24)25;1-2/h9-10H,5-8H2,1-4H3;1-2H3/b13-12+;. The lowest BCUT2D eigenvalue weighted by Crippen LogP contribution is -2.37. The average Bonchev–Trinajstić information content (AvgIpc) is 2.69. The molecule has 4 nitrogen and oxygen atoms in total. The van der Waals surface area contributed by atoms with Crippen LogP contribution in [0.3, 0.4) is 0 Å². The first-order chi connectivity index (χ1) is 14.8. The Hall–Kier alpha value is -1.87. The molecule has 0 atom stereocenters. The van der Waals surface area contributed by atoms with E-state index in [0.29, 0.717) is 41.7 Å². The van der Waals surface area contributed by atoms with Crippen LogP contribution in [0.1, 0.15) is 60.8 Å². The third-order valence-corrected chi connectivity index (χ3v) is 5.82. The van der Waals surface area contributed by atoms with Crippen molar-refractivity contribution in [3.8, 4) is 0 Å². The van der Waals surface area contributed by atoms with Crippen LogP contribution in [0.4, 0.5) is 23.2 Å². The zero-order valence-corrected chi connectivity index (χ0v) is 20.5. The Morgan fingerprint density at radius 1 is 1.03 bits per heavy atom. The summed E-state index contributed by atoms with van der Waals surface area (Å²) in [7, 11) is 0. The van der Waals surface area contributed by atoms with Gasteiger partial charge in [-0.15, -0.1) is 11.8 Å². The lowest BCUT2D eigenvalue weighted by Gasteiger charge is -2.22. The number of carbonyl (C=O) groups excluding carboxylic acids is 3. The van der Waals surface area contributed by atoms with Crippen LogP contribution in [0.5, 0.6) is 0 Å². The molecule has 0 saturated carbocycles. The largest absolute Gasteiger partial charge is 0.412 e. The van der Waals surface area contributed by atoms with Gasteiger partial charge in [-0.3, -0.25) is 9.59 Å². The van der Waals surface area contributed by atoms with Crippen molar-refractivity contribution in [2.24, 2.45) is 0 Å². The van der Waals surface area contributed by atoms with Crippen molar-refractivity contribution >= 4 is 46.6 Å². The smallest absolute Gasteiger partial charge is 0.300 e. The van der Waals surface area contributed by atoms with Crippen molar-refractivity contribution in [2.45, 2.75) is 71.9 Å². The van der Waals surface area contributed by atoms with E-state index in [1.165, 1.54) is 24.8 Å². The van der Waals surface area contributed by atoms with Crippen molar-refractivity contribution in [1.82, 2.24) is 0 Å². The Kier molecular flexibility index (Phi) is 12.8. The summed E-state index contributed by atoms with van der Waals surface area (Å²) in [5, 5.41) is 0.0440. The Balaban J connectivity index is 0.00000466. The zero-order valence-electron chi connectivity index (χ0n) is 19.0. The molecule has 0 saturated heterocycles. The van der Waals surface area contributed by atoms with E-state index in [4.69, 9.17) is 11.6 Å². The molecule has 0 fully saturated rings. The van der Waals surface area contributed by atoms with E-state index in [2.05, 4.69) is 0 Å². The number of hydrogen-bond acceptors (Lipinski definition) is 4. The summed E-state index contributed by atoms with van der Waals surface area (Å²) in [5.41, 5.74) is -2.36. The lowest BCUT2D eigenvalue weighted by molar-refractivity contribution is -0.124. The normalized spacial score (nSPS) is 11.8. The van der Waals surface area contributed by atoms with Crippen molar-refractivity contribution in [1.29, 1.82) is 0 Å². The van der Waals surface area contributed by atoms with E-state index in [1.807, 2.05) is 13.8 Å². The maximum atomic E-state index is 14.5. The maximum absolute atomic E-state index is 14.5.